The number of amides is 1. The van der Waals surface area contributed by atoms with Gasteiger partial charge in [-0.3, -0.25) is 4.79 Å². The predicted octanol–water partition coefficient (Wildman–Crippen LogP) is -0.0717. The Kier molecular flexibility index (Phi) is 2.82. The number of nitrogens with one attached hydrogen (secondary N) is 1. The third kappa shape index (κ3) is 1.66. The second-order valence-corrected chi connectivity index (χ2v) is 4.03. The highest BCUT2D eigenvalue weighted by Gasteiger charge is 2.33. The summed E-state index contributed by atoms with van der Waals surface area (Å²) in [5.41, 5.74) is 0. The molecule has 2 rings (SSSR count). The summed E-state index contributed by atoms with van der Waals surface area (Å²) >= 11 is 0. The summed E-state index contributed by atoms with van der Waals surface area (Å²) in [5, 5.41) is 3.17. The van der Waals surface area contributed by atoms with Gasteiger partial charge in [0.2, 0.25) is 5.91 Å². The summed E-state index contributed by atoms with van der Waals surface area (Å²) in [6.45, 7) is 1.68. The molecule has 2 heterocycles. The molecule has 4 nitrogen and oxygen atoms in total. The van der Waals surface area contributed by atoms with Gasteiger partial charge in [-0.1, -0.05) is 0 Å². The van der Waals surface area contributed by atoms with Crippen LogP contribution in [0.5, 0.6) is 0 Å². The number of carbonyl (C=O) groups is 2. The largest absolute Gasteiger partial charge is 0.332 e. The first kappa shape index (κ1) is 9.65. The number of hydrogen-bond donors (Lipinski definition) is 1. The quantitative estimate of drug-likeness (QED) is 0.629. The molecule has 2 atom stereocenters. The van der Waals surface area contributed by atoms with Crippen LogP contribution in [-0.4, -0.2) is 42.3 Å². The van der Waals surface area contributed by atoms with E-state index in [-0.39, 0.29) is 18.0 Å². The van der Waals surface area contributed by atoms with Gasteiger partial charge in [-0.2, -0.15) is 0 Å². The van der Waals surface area contributed by atoms with E-state index in [0.717, 1.165) is 45.1 Å². The maximum atomic E-state index is 11.9. The van der Waals surface area contributed by atoms with Crippen molar-refractivity contribution in [2.45, 2.75) is 37.8 Å². The summed E-state index contributed by atoms with van der Waals surface area (Å²) in [6, 6.07) is -0.194. The minimum atomic E-state index is -0.162. The van der Waals surface area contributed by atoms with Gasteiger partial charge in [0.1, 0.15) is 6.29 Å². The maximum absolute atomic E-state index is 11.9. The first-order valence-corrected chi connectivity index (χ1v) is 5.32. The van der Waals surface area contributed by atoms with E-state index in [1.54, 1.807) is 4.90 Å². The van der Waals surface area contributed by atoms with Gasteiger partial charge in [0, 0.05) is 6.54 Å². The van der Waals surface area contributed by atoms with Crippen LogP contribution in [0, 0.1) is 0 Å². The van der Waals surface area contributed by atoms with Crippen LogP contribution in [0.3, 0.4) is 0 Å². The molecule has 1 N–H and O–H groups in total. The molecule has 0 aromatic carbocycles. The van der Waals surface area contributed by atoms with Gasteiger partial charge in [-0.15, -0.1) is 0 Å². The van der Waals surface area contributed by atoms with E-state index >= 15 is 0 Å². The fourth-order valence-corrected chi connectivity index (χ4v) is 2.30. The van der Waals surface area contributed by atoms with Crippen molar-refractivity contribution >= 4 is 12.2 Å². The Balaban J connectivity index is 1.98. The summed E-state index contributed by atoms with van der Waals surface area (Å²) in [5.74, 6) is 0.122. The smallest absolute Gasteiger partial charge is 0.240 e. The van der Waals surface area contributed by atoms with Crippen molar-refractivity contribution in [1.82, 2.24) is 10.2 Å². The average Bonchev–Trinajstić information content (AvgIpc) is 2.87. The number of likely N-dealkylation sites (tertiary alicyclic amines) is 1. The molecule has 4 heteroatoms. The fraction of sp³-hybridized carbons (Fsp3) is 0.800. The molecule has 14 heavy (non-hydrogen) atoms. The molecule has 2 unspecified atom stereocenters. The number of hydrogen-bond acceptors (Lipinski definition) is 3. The third-order valence-corrected chi connectivity index (χ3v) is 3.10. The Bertz CT molecular complexity index is 236. The van der Waals surface area contributed by atoms with Gasteiger partial charge in [-0.05, 0) is 32.2 Å². The first-order valence-electron chi connectivity index (χ1n) is 5.32. The molecule has 2 saturated heterocycles. The van der Waals surface area contributed by atoms with E-state index in [2.05, 4.69) is 5.32 Å². The zero-order valence-electron chi connectivity index (χ0n) is 8.24. The lowest BCUT2D eigenvalue weighted by Crippen LogP contribution is -2.46. The highest BCUT2D eigenvalue weighted by Crippen LogP contribution is 2.18. The van der Waals surface area contributed by atoms with Crippen LogP contribution in [0.1, 0.15) is 25.7 Å². The van der Waals surface area contributed by atoms with Crippen molar-refractivity contribution in [3.8, 4) is 0 Å². The normalized spacial score (nSPS) is 32.1. The zero-order valence-corrected chi connectivity index (χ0v) is 8.24. The van der Waals surface area contributed by atoms with E-state index in [0.29, 0.717) is 0 Å². The summed E-state index contributed by atoms with van der Waals surface area (Å²) in [4.78, 5) is 24.4. The highest BCUT2D eigenvalue weighted by molar-refractivity contribution is 5.85. The van der Waals surface area contributed by atoms with E-state index in [4.69, 9.17) is 0 Å². The van der Waals surface area contributed by atoms with E-state index in [1.807, 2.05) is 0 Å². The molecule has 2 aliphatic rings. The molecular weight excluding hydrogens is 180 g/mol. The van der Waals surface area contributed by atoms with Crippen molar-refractivity contribution in [2.24, 2.45) is 0 Å². The molecule has 0 spiro atoms. The lowest BCUT2D eigenvalue weighted by Gasteiger charge is -2.23. The Hall–Kier alpha value is -0.900. The molecule has 0 radical (unpaired) electrons. The number of aldehydes is 1. The van der Waals surface area contributed by atoms with Crippen LogP contribution in [0.15, 0.2) is 0 Å². The van der Waals surface area contributed by atoms with Crippen LogP contribution in [0.4, 0.5) is 0 Å². The van der Waals surface area contributed by atoms with Crippen LogP contribution in [-0.2, 0) is 9.59 Å². The Morgan fingerprint density at radius 3 is 2.86 bits per heavy atom. The minimum absolute atomic E-state index is 0.0319. The Morgan fingerprint density at radius 2 is 2.21 bits per heavy atom. The Morgan fingerprint density at radius 1 is 1.36 bits per heavy atom. The van der Waals surface area contributed by atoms with Crippen molar-refractivity contribution in [3.63, 3.8) is 0 Å². The molecule has 1 amide bonds. The second-order valence-electron chi connectivity index (χ2n) is 4.03. The molecule has 0 aromatic rings. The van der Waals surface area contributed by atoms with E-state index in [9.17, 15) is 9.59 Å². The first-order chi connectivity index (χ1) is 6.83. The van der Waals surface area contributed by atoms with Crippen molar-refractivity contribution in [2.75, 3.05) is 13.1 Å². The highest BCUT2D eigenvalue weighted by atomic mass is 16.2. The Labute approximate surface area is 83.6 Å². The lowest BCUT2D eigenvalue weighted by molar-refractivity contribution is -0.136. The lowest BCUT2D eigenvalue weighted by atomic mass is 10.2. The van der Waals surface area contributed by atoms with Gasteiger partial charge in [0.05, 0.1) is 12.1 Å². The molecule has 2 fully saturated rings. The maximum Gasteiger partial charge on any atom is 0.240 e. The van der Waals surface area contributed by atoms with Crippen molar-refractivity contribution in [3.05, 3.63) is 0 Å². The average molecular weight is 196 g/mol. The summed E-state index contributed by atoms with van der Waals surface area (Å²) < 4.78 is 0. The molecule has 2 aliphatic heterocycles. The monoisotopic (exact) mass is 196 g/mol. The van der Waals surface area contributed by atoms with Gasteiger partial charge in [0.25, 0.3) is 0 Å². The van der Waals surface area contributed by atoms with Gasteiger partial charge < -0.3 is 15.0 Å². The van der Waals surface area contributed by atoms with Gasteiger partial charge >= 0.3 is 0 Å². The summed E-state index contributed by atoms with van der Waals surface area (Å²) in [7, 11) is 0. The molecule has 0 aliphatic carbocycles. The standard InChI is InChI=1S/C10H16N2O2/c13-7-8-3-2-6-12(8)10(14)9-4-1-5-11-9/h7-9,11H,1-6H2. The molecule has 78 valence electrons. The van der Waals surface area contributed by atoms with Crippen LogP contribution in [0.2, 0.25) is 0 Å². The van der Waals surface area contributed by atoms with Crippen LogP contribution >= 0.6 is 0 Å². The summed E-state index contributed by atoms with van der Waals surface area (Å²) in [6.07, 6.45) is 4.68. The van der Waals surface area contributed by atoms with E-state index in [1.165, 1.54) is 0 Å². The fourth-order valence-electron chi connectivity index (χ4n) is 2.30. The second kappa shape index (κ2) is 4.09. The molecule has 0 saturated carbocycles. The van der Waals surface area contributed by atoms with Crippen LogP contribution in [0.25, 0.3) is 0 Å². The van der Waals surface area contributed by atoms with Crippen molar-refractivity contribution < 1.29 is 9.59 Å². The number of carbonyl (C=O) groups excluding carboxylic acids is 2. The topological polar surface area (TPSA) is 49.4 Å². The molecule has 0 aromatic heterocycles. The van der Waals surface area contributed by atoms with Crippen molar-refractivity contribution in [1.29, 1.82) is 0 Å². The number of nitrogens with zero attached hydrogens (tertiary/aromatic N) is 1. The van der Waals surface area contributed by atoms with E-state index < -0.39 is 0 Å². The van der Waals surface area contributed by atoms with Gasteiger partial charge in [-0.25, -0.2) is 0 Å². The minimum Gasteiger partial charge on any atom is -0.332 e. The molecular formula is C10H16N2O2. The predicted molar refractivity (Wildman–Crippen MR) is 51.8 cm³/mol. The molecule has 0 bridgehead atoms. The third-order valence-electron chi connectivity index (χ3n) is 3.10. The SMILES string of the molecule is O=CC1CCCN1C(=O)C1CCCN1. The van der Waals surface area contributed by atoms with Gasteiger partial charge in [0.15, 0.2) is 0 Å². The number of rotatable bonds is 2. The zero-order chi connectivity index (χ0) is 9.97. The van der Waals surface area contributed by atoms with Crippen LogP contribution < -0.4 is 5.32 Å².